The lowest BCUT2D eigenvalue weighted by Crippen LogP contribution is -2.52. The first-order valence-corrected chi connectivity index (χ1v) is 10.3. The number of amides is 4. The first kappa shape index (κ1) is 20.8. The predicted octanol–water partition coefficient (Wildman–Crippen LogP) is 2.75. The molecule has 4 amide bonds. The van der Waals surface area contributed by atoms with Gasteiger partial charge in [0.15, 0.2) is 0 Å². The number of nitrogens with one attached hydrogen (secondary N) is 2. The van der Waals surface area contributed by atoms with Crippen molar-refractivity contribution in [2.24, 2.45) is 0 Å². The fourth-order valence-corrected chi connectivity index (χ4v) is 4.20. The van der Waals surface area contributed by atoms with Crippen LogP contribution in [0.1, 0.15) is 63.5 Å². The molecule has 7 nitrogen and oxygen atoms in total. The third kappa shape index (κ3) is 4.12. The van der Waals surface area contributed by atoms with Gasteiger partial charge in [0.05, 0.1) is 6.07 Å². The van der Waals surface area contributed by atoms with Crippen molar-refractivity contribution in [3.05, 3.63) is 35.4 Å². The molecule has 1 unspecified atom stereocenters. The summed E-state index contributed by atoms with van der Waals surface area (Å²) in [5, 5.41) is 15.0. The molecule has 1 aliphatic carbocycles. The molecule has 2 fully saturated rings. The second-order valence-corrected chi connectivity index (χ2v) is 8.20. The Morgan fingerprint density at radius 2 is 1.86 bits per heavy atom. The number of benzene rings is 1. The van der Waals surface area contributed by atoms with Gasteiger partial charge < -0.3 is 10.6 Å². The van der Waals surface area contributed by atoms with E-state index in [0.29, 0.717) is 18.4 Å². The van der Waals surface area contributed by atoms with Crippen molar-refractivity contribution >= 4 is 17.8 Å². The summed E-state index contributed by atoms with van der Waals surface area (Å²) in [5.74, 6) is -0.949. The summed E-state index contributed by atoms with van der Waals surface area (Å²) >= 11 is 0. The molecule has 154 valence electrons. The third-order valence-corrected chi connectivity index (χ3v) is 5.95. The monoisotopic (exact) mass is 396 g/mol. The molecule has 1 saturated carbocycles. The lowest BCUT2D eigenvalue weighted by Gasteiger charge is -2.32. The molecule has 1 aromatic rings. The number of rotatable bonds is 6. The normalized spacial score (nSPS) is 23.4. The summed E-state index contributed by atoms with van der Waals surface area (Å²) in [4.78, 5) is 39.0. The van der Waals surface area contributed by atoms with Crippen LogP contribution in [0.25, 0.3) is 0 Å². The van der Waals surface area contributed by atoms with Crippen LogP contribution >= 0.6 is 0 Å². The van der Waals surface area contributed by atoms with E-state index in [2.05, 4.69) is 23.6 Å². The van der Waals surface area contributed by atoms with E-state index in [9.17, 15) is 19.6 Å². The number of carbonyl (C=O) groups is 3. The van der Waals surface area contributed by atoms with E-state index in [1.54, 1.807) is 6.92 Å². The molecule has 0 bridgehead atoms. The number of urea groups is 1. The summed E-state index contributed by atoms with van der Waals surface area (Å²) in [6.07, 6.45) is 5.96. The Balaban J connectivity index is 1.71. The first-order valence-electron chi connectivity index (χ1n) is 10.3. The summed E-state index contributed by atoms with van der Waals surface area (Å²) in [7, 11) is 0. The van der Waals surface area contributed by atoms with Crippen LogP contribution in [0.2, 0.25) is 0 Å². The van der Waals surface area contributed by atoms with E-state index in [1.165, 1.54) is 5.56 Å². The molecule has 1 aromatic carbocycles. The van der Waals surface area contributed by atoms with Crippen molar-refractivity contribution in [3.63, 3.8) is 0 Å². The zero-order valence-corrected chi connectivity index (χ0v) is 17.1. The molecule has 0 aromatic heterocycles. The van der Waals surface area contributed by atoms with Crippen LogP contribution in [-0.2, 0) is 21.5 Å². The van der Waals surface area contributed by atoms with E-state index in [0.717, 1.165) is 37.0 Å². The standard InChI is InChI=1S/C22H28N4O3/c1-3-7-16-8-10-17(11-9-16)21(2)19(28)26(20(29)25-21)14-18(27)24-22(15-23)12-5-4-6-13-22/h8-11H,3-7,12-14H2,1-2H3,(H,24,27)(H,25,29). The van der Waals surface area contributed by atoms with E-state index in [-0.39, 0.29) is 0 Å². The Labute approximate surface area is 171 Å². The highest BCUT2D eigenvalue weighted by Gasteiger charge is 2.49. The highest BCUT2D eigenvalue weighted by Crippen LogP contribution is 2.30. The molecule has 29 heavy (non-hydrogen) atoms. The Kier molecular flexibility index (Phi) is 5.92. The topological polar surface area (TPSA) is 102 Å². The molecule has 0 radical (unpaired) electrons. The smallest absolute Gasteiger partial charge is 0.325 e. The Hall–Kier alpha value is -2.88. The second-order valence-electron chi connectivity index (χ2n) is 8.20. The molecular formula is C22H28N4O3. The molecule has 1 aliphatic heterocycles. The van der Waals surface area contributed by atoms with Crippen molar-refractivity contribution in [2.75, 3.05) is 6.54 Å². The fraction of sp³-hybridized carbons (Fsp3) is 0.545. The summed E-state index contributed by atoms with van der Waals surface area (Å²) in [6, 6.07) is 9.23. The van der Waals surface area contributed by atoms with Crippen molar-refractivity contribution in [3.8, 4) is 6.07 Å². The van der Waals surface area contributed by atoms with Crippen molar-refractivity contribution in [1.82, 2.24) is 15.5 Å². The van der Waals surface area contributed by atoms with Gasteiger partial charge >= 0.3 is 6.03 Å². The predicted molar refractivity (Wildman–Crippen MR) is 108 cm³/mol. The van der Waals surface area contributed by atoms with Gasteiger partial charge in [0.2, 0.25) is 5.91 Å². The number of nitriles is 1. The minimum Gasteiger partial charge on any atom is -0.336 e. The highest BCUT2D eigenvalue weighted by molar-refractivity contribution is 6.09. The number of carbonyl (C=O) groups excluding carboxylic acids is 3. The molecule has 7 heteroatoms. The summed E-state index contributed by atoms with van der Waals surface area (Å²) in [5.41, 5.74) is -0.256. The van der Waals surface area contributed by atoms with Crippen molar-refractivity contribution in [2.45, 2.75) is 69.9 Å². The van der Waals surface area contributed by atoms with E-state index in [1.807, 2.05) is 24.3 Å². The van der Waals surface area contributed by atoms with Crippen LogP contribution in [0.15, 0.2) is 24.3 Å². The van der Waals surface area contributed by atoms with Crippen molar-refractivity contribution < 1.29 is 14.4 Å². The largest absolute Gasteiger partial charge is 0.336 e. The van der Waals surface area contributed by atoms with Gasteiger partial charge in [0.1, 0.15) is 17.6 Å². The fourth-order valence-electron chi connectivity index (χ4n) is 4.20. The Morgan fingerprint density at radius 3 is 2.45 bits per heavy atom. The summed E-state index contributed by atoms with van der Waals surface area (Å²) in [6.45, 7) is 3.36. The maximum atomic E-state index is 13.0. The average Bonchev–Trinajstić information content (AvgIpc) is 2.93. The third-order valence-electron chi connectivity index (χ3n) is 5.95. The van der Waals surface area contributed by atoms with Gasteiger partial charge in [0, 0.05) is 0 Å². The molecule has 1 heterocycles. The quantitative estimate of drug-likeness (QED) is 0.722. The lowest BCUT2D eigenvalue weighted by molar-refractivity contribution is -0.135. The van der Waals surface area contributed by atoms with Crippen LogP contribution < -0.4 is 10.6 Å². The minimum atomic E-state index is -1.21. The van der Waals surface area contributed by atoms with Crippen LogP contribution in [0, 0.1) is 11.3 Å². The zero-order chi connectivity index (χ0) is 21.1. The minimum absolute atomic E-state index is 0.391. The number of hydrogen-bond acceptors (Lipinski definition) is 4. The van der Waals surface area contributed by atoms with Gasteiger partial charge in [0.25, 0.3) is 5.91 Å². The SMILES string of the molecule is CCCc1ccc(C2(C)NC(=O)N(CC(=O)NC3(C#N)CCCCC3)C2=O)cc1. The van der Waals surface area contributed by atoms with Gasteiger partial charge in [-0.05, 0) is 37.3 Å². The molecule has 0 spiro atoms. The van der Waals surface area contributed by atoms with Crippen molar-refractivity contribution in [1.29, 1.82) is 5.26 Å². The number of hydrogen-bond donors (Lipinski definition) is 2. The van der Waals surface area contributed by atoms with Gasteiger partial charge in [-0.2, -0.15) is 5.26 Å². The zero-order valence-electron chi connectivity index (χ0n) is 17.1. The van der Waals surface area contributed by atoms with Crippen LogP contribution in [0.3, 0.4) is 0 Å². The molecule has 1 saturated heterocycles. The maximum absolute atomic E-state index is 13.0. The van der Waals surface area contributed by atoms with Crippen LogP contribution in [0.5, 0.6) is 0 Å². The van der Waals surface area contributed by atoms with Gasteiger partial charge in [-0.3, -0.25) is 14.5 Å². The molecular weight excluding hydrogens is 368 g/mol. The highest BCUT2D eigenvalue weighted by atomic mass is 16.2. The lowest BCUT2D eigenvalue weighted by atomic mass is 9.83. The van der Waals surface area contributed by atoms with Crippen LogP contribution in [-0.4, -0.2) is 34.8 Å². The number of nitrogens with zero attached hydrogens (tertiary/aromatic N) is 2. The van der Waals surface area contributed by atoms with E-state index in [4.69, 9.17) is 0 Å². The molecule has 2 N–H and O–H groups in total. The van der Waals surface area contributed by atoms with Crippen LogP contribution in [0.4, 0.5) is 4.79 Å². The second kappa shape index (κ2) is 8.24. The number of imide groups is 1. The summed E-state index contributed by atoms with van der Waals surface area (Å²) < 4.78 is 0. The molecule has 1 atom stereocenters. The van der Waals surface area contributed by atoms with E-state index >= 15 is 0 Å². The van der Waals surface area contributed by atoms with Gasteiger partial charge in [-0.1, -0.05) is 56.9 Å². The van der Waals surface area contributed by atoms with Gasteiger partial charge in [-0.15, -0.1) is 0 Å². The Morgan fingerprint density at radius 1 is 1.21 bits per heavy atom. The van der Waals surface area contributed by atoms with E-state index < -0.39 is 35.5 Å². The Bertz CT molecular complexity index is 837. The average molecular weight is 396 g/mol. The molecule has 3 rings (SSSR count). The maximum Gasteiger partial charge on any atom is 0.325 e. The first-order chi connectivity index (χ1) is 13.8. The number of aryl methyl sites for hydroxylation is 1. The van der Waals surface area contributed by atoms with Gasteiger partial charge in [-0.25, -0.2) is 4.79 Å². The molecule has 2 aliphatic rings.